The third kappa shape index (κ3) is 3.14. The summed E-state index contributed by atoms with van der Waals surface area (Å²) in [6.45, 7) is 0. The number of hydrogen-bond acceptors (Lipinski definition) is 0. The van der Waals surface area contributed by atoms with Gasteiger partial charge in [-0.2, -0.15) is 0 Å². The van der Waals surface area contributed by atoms with Gasteiger partial charge < -0.3 is 0 Å². The molecule has 0 atom stereocenters. The van der Waals surface area contributed by atoms with E-state index in [1.54, 1.807) is 0 Å². The zero-order valence-corrected chi connectivity index (χ0v) is 14.2. The van der Waals surface area contributed by atoms with Crippen LogP contribution in [0.1, 0.15) is 16.7 Å². The van der Waals surface area contributed by atoms with Gasteiger partial charge in [0.25, 0.3) is 0 Å². The van der Waals surface area contributed by atoms with Gasteiger partial charge in [0.1, 0.15) is 0 Å². The Morgan fingerprint density at radius 1 is 0.520 bits per heavy atom. The van der Waals surface area contributed by atoms with Crippen LogP contribution in [0.25, 0.3) is 0 Å². The Hall–Kier alpha value is -2.34. The van der Waals surface area contributed by atoms with E-state index < -0.39 is 0 Å². The fourth-order valence-corrected chi connectivity index (χ4v) is 3.81. The summed E-state index contributed by atoms with van der Waals surface area (Å²) in [7, 11) is 0. The van der Waals surface area contributed by atoms with E-state index in [1.807, 2.05) is 0 Å². The Balaban J connectivity index is 1.91. The van der Waals surface area contributed by atoms with Gasteiger partial charge >= 0.3 is 0 Å². The molecule has 5 radical (unpaired) electrons. The molecular weight excluding hydrogens is 300 g/mol. The van der Waals surface area contributed by atoms with Crippen LogP contribution in [0.4, 0.5) is 0 Å². The lowest BCUT2D eigenvalue weighted by Gasteiger charge is -2.40. The lowest BCUT2D eigenvalue weighted by molar-refractivity contribution is 0.556. The van der Waals surface area contributed by atoms with Crippen molar-refractivity contribution in [2.24, 2.45) is 0 Å². The molecule has 3 aromatic carbocycles. The second kappa shape index (κ2) is 7.27. The molecule has 0 N–H and O–H groups in total. The van der Waals surface area contributed by atoms with Gasteiger partial charge in [-0.3, -0.25) is 0 Å². The van der Waals surface area contributed by atoms with Crippen LogP contribution in [0, 0.1) is 31.6 Å². The number of benzene rings is 3. The van der Waals surface area contributed by atoms with Crippen LogP contribution in [0.3, 0.4) is 0 Å². The summed E-state index contributed by atoms with van der Waals surface area (Å²) in [5.41, 5.74) is 3.82. The fourth-order valence-electron chi connectivity index (χ4n) is 3.81. The van der Waals surface area contributed by atoms with Crippen molar-refractivity contribution in [3.63, 3.8) is 0 Å². The van der Waals surface area contributed by atoms with Gasteiger partial charge in [0, 0.05) is 5.41 Å². The second-order valence-corrected chi connectivity index (χ2v) is 6.47. The highest BCUT2D eigenvalue weighted by Crippen LogP contribution is 2.49. The van der Waals surface area contributed by atoms with E-state index in [-0.39, 0.29) is 5.41 Å². The molecular formula is C25H21. The van der Waals surface area contributed by atoms with Crippen LogP contribution in [0.5, 0.6) is 0 Å². The van der Waals surface area contributed by atoms with Gasteiger partial charge in [-0.15, -0.1) is 0 Å². The van der Waals surface area contributed by atoms with Crippen LogP contribution in [0.15, 0.2) is 91.0 Å². The van der Waals surface area contributed by atoms with Crippen LogP contribution in [0.2, 0.25) is 0 Å². The quantitative estimate of drug-likeness (QED) is 0.572. The summed E-state index contributed by atoms with van der Waals surface area (Å²) in [6.07, 6.45) is 9.72. The summed E-state index contributed by atoms with van der Waals surface area (Å²) in [4.78, 5) is 0. The highest BCUT2D eigenvalue weighted by Gasteiger charge is 2.43. The van der Waals surface area contributed by atoms with Crippen molar-refractivity contribution in [3.05, 3.63) is 139 Å². The predicted octanol–water partition coefficient (Wildman–Crippen LogP) is 5.62. The largest absolute Gasteiger partial charge is 0.0622 e. The monoisotopic (exact) mass is 321 g/mol. The van der Waals surface area contributed by atoms with E-state index >= 15 is 0 Å². The number of rotatable bonds is 5. The van der Waals surface area contributed by atoms with Crippen molar-refractivity contribution >= 4 is 0 Å². The van der Waals surface area contributed by atoms with Crippen LogP contribution < -0.4 is 0 Å². The molecule has 25 heavy (non-hydrogen) atoms. The summed E-state index contributed by atoms with van der Waals surface area (Å²) in [6, 6.07) is 32.5. The molecule has 0 bridgehead atoms. The third-order valence-electron chi connectivity index (χ3n) is 5.00. The molecule has 121 valence electrons. The summed E-state index contributed by atoms with van der Waals surface area (Å²) >= 11 is 0. The Labute approximate surface area is 151 Å². The molecule has 1 saturated carbocycles. The first kappa shape index (κ1) is 16.1. The molecule has 0 heterocycles. The summed E-state index contributed by atoms with van der Waals surface area (Å²) in [5.74, 6) is 1.34. The minimum atomic E-state index is -0.187. The molecule has 0 saturated heterocycles. The average molecular weight is 321 g/mol. The molecule has 1 aliphatic rings. The Morgan fingerprint density at radius 3 is 1.44 bits per heavy atom. The topological polar surface area (TPSA) is 0 Å². The molecule has 0 amide bonds. The minimum absolute atomic E-state index is 0.187. The Bertz CT molecular complexity index is 729. The van der Waals surface area contributed by atoms with E-state index in [0.29, 0.717) is 0 Å². The van der Waals surface area contributed by atoms with E-state index in [4.69, 9.17) is 0 Å². The zero-order chi connectivity index (χ0) is 17.0. The van der Waals surface area contributed by atoms with Crippen molar-refractivity contribution in [1.82, 2.24) is 0 Å². The SMILES string of the molecule is [CH]1[CH][CH][C](C(Cc2ccccc2)(c2ccccc2)c2ccccc2)[CH]1. The molecule has 1 fully saturated rings. The lowest BCUT2D eigenvalue weighted by atomic mass is 9.62. The minimum Gasteiger partial charge on any atom is -0.0622 e. The maximum Gasteiger partial charge on any atom is 0.0311 e. The average Bonchev–Trinajstić information content (AvgIpc) is 3.23. The van der Waals surface area contributed by atoms with Crippen LogP contribution >= 0.6 is 0 Å². The maximum absolute atomic E-state index is 2.25. The highest BCUT2D eigenvalue weighted by atomic mass is 14.5. The van der Waals surface area contributed by atoms with E-state index in [0.717, 1.165) is 6.42 Å². The van der Waals surface area contributed by atoms with Gasteiger partial charge in [-0.25, -0.2) is 0 Å². The molecule has 0 nitrogen and oxygen atoms in total. The van der Waals surface area contributed by atoms with Crippen molar-refractivity contribution in [1.29, 1.82) is 0 Å². The van der Waals surface area contributed by atoms with Crippen LogP contribution in [-0.4, -0.2) is 0 Å². The smallest absolute Gasteiger partial charge is 0.0311 e. The van der Waals surface area contributed by atoms with Gasteiger partial charge in [0.15, 0.2) is 0 Å². The highest BCUT2D eigenvalue weighted by molar-refractivity contribution is 5.56. The first-order chi connectivity index (χ1) is 12.4. The molecule has 3 aromatic rings. The Morgan fingerprint density at radius 2 is 0.960 bits per heavy atom. The zero-order valence-electron chi connectivity index (χ0n) is 14.2. The molecule has 1 aliphatic carbocycles. The van der Waals surface area contributed by atoms with Gasteiger partial charge in [0.05, 0.1) is 0 Å². The van der Waals surface area contributed by atoms with E-state index in [1.165, 1.54) is 22.6 Å². The molecule has 0 heteroatoms. The van der Waals surface area contributed by atoms with Gasteiger partial charge in [0.2, 0.25) is 0 Å². The van der Waals surface area contributed by atoms with E-state index in [2.05, 4.69) is 117 Å². The first-order valence-electron chi connectivity index (χ1n) is 8.77. The molecule has 4 rings (SSSR count). The van der Waals surface area contributed by atoms with Crippen LogP contribution in [-0.2, 0) is 11.8 Å². The first-order valence-corrected chi connectivity index (χ1v) is 8.77. The summed E-state index contributed by atoms with van der Waals surface area (Å²) in [5, 5.41) is 0. The molecule has 0 unspecified atom stereocenters. The molecule has 0 spiro atoms. The van der Waals surface area contributed by atoms with Gasteiger partial charge in [-0.05, 0) is 54.7 Å². The fraction of sp³-hybridized carbons (Fsp3) is 0.0800. The molecule has 0 aromatic heterocycles. The number of hydrogen-bond donors (Lipinski definition) is 0. The van der Waals surface area contributed by atoms with Crippen molar-refractivity contribution in [3.8, 4) is 0 Å². The maximum atomic E-state index is 2.25. The van der Waals surface area contributed by atoms with E-state index in [9.17, 15) is 0 Å². The van der Waals surface area contributed by atoms with Crippen molar-refractivity contribution < 1.29 is 0 Å². The second-order valence-electron chi connectivity index (χ2n) is 6.47. The lowest BCUT2D eigenvalue weighted by Crippen LogP contribution is -2.37. The standard InChI is InChI=1S/C25H21/c1-4-12-21(13-5-1)20-25(24-18-10-11-19-24,22-14-6-2-7-15-22)23-16-8-3-9-17-23/h1-19H,20H2. The predicted molar refractivity (Wildman–Crippen MR) is 104 cm³/mol. The summed E-state index contributed by atoms with van der Waals surface area (Å²) < 4.78 is 0. The third-order valence-corrected chi connectivity index (χ3v) is 5.00. The van der Waals surface area contributed by atoms with Crippen molar-refractivity contribution in [2.75, 3.05) is 0 Å². The normalized spacial score (nSPS) is 15.4. The van der Waals surface area contributed by atoms with Gasteiger partial charge in [-0.1, -0.05) is 91.0 Å². The van der Waals surface area contributed by atoms with Crippen molar-refractivity contribution in [2.45, 2.75) is 11.8 Å². The molecule has 0 aliphatic heterocycles. The Kier molecular flexibility index (Phi) is 4.70.